The molecule has 2 nitrogen and oxygen atoms in total. The van der Waals surface area contributed by atoms with Gasteiger partial charge >= 0.3 is 0 Å². The van der Waals surface area contributed by atoms with Crippen molar-refractivity contribution in [2.45, 2.75) is 70.3 Å². The number of nitrogens with zero attached hydrogens (tertiary/aromatic N) is 1. The van der Waals surface area contributed by atoms with E-state index < -0.39 is 0 Å². The fourth-order valence-corrected chi connectivity index (χ4v) is 3.89. The summed E-state index contributed by atoms with van der Waals surface area (Å²) in [5, 5.41) is 3.79. The Morgan fingerprint density at radius 3 is 2.00 bits per heavy atom. The number of rotatable bonds is 5. The molecule has 0 amide bonds. The minimum absolute atomic E-state index is 0. The van der Waals surface area contributed by atoms with Gasteiger partial charge in [0.1, 0.15) is 0 Å². The maximum absolute atomic E-state index is 3.79. The number of hydrogen-bond donors (Lipinski definition) is 1. The van der Waals surface area contributed by atoms with Crippen LogP contribution >= 0.6 is 12.4 Å². The van der Waals surface area contributed by atoms with Gasteiger partial charge in [0.15, 0.2) is 0 Å². The molecule has 0 aromatic rings. The van der Waals surface area contributed by atoms with Gasteiger partial charge in [0, 0.05) is 12.6 Å². The monoisotopic (exact) mass is 300 g/mol. The third-order valence-corrected chi connectivity index (χ3v) is 5.47. The summed E-state index contributed by atoms with van der Waals surface area (Å²) in [5.41, 5.74) is 0. The lowest BCUT2D eigenvalue weighted by Crippen LogP contribution is -2.44. The molecule has 0 bridgehead atoms. The highest BCUT2D eigenvalue weighted by Gasteiger charge is 2.25. The van der Waals surface area contributed by atoms with Gasteiger partial charge in [-0.25, -0.2) is 0 Å². The van der Waals surface area contributed by atoms with Crippen molar-refractivity contribution in [1.82, 2.24) is 10.2 Å². The summed E-state index contributed by atoms with van der Waals surface area (Å²) in [6.07, 6.45) is 14.7. The molecule has 1 heterocycles. The number of likely N-dealkylation sites (tertiary alicyclic amines) is 1. The molecular weight excluding hydrogens is 268 g/mol. The van der Waals surface area contributed by atoms with E-state index in [-0.39, 0.29) is 12.4 Å². The van der Waals surface area contributed by atoms with E-state index in [1.165, 1.54) is 90.4 Å². The van der Waals surface area contributed by atoms with Crippen LogP contribution in [0.15, 0.2) is 0 Å². The van der Waals surface area contributed by atoms with Crippen LogP contribution in [0, 0.1) is 11.8 Å². The topological polar surface area (TPSA) is 15.3 Å². The molecule has 0 unspecified atom stereocenters. The van der Waals surface area contributed by atoms with Crippen LogP contribution in [0.25, 0.3) is 0 Å². The first-order valence-corrected chi connectivity index (χ1v) is 8.86. The zero-order valence-electron chi connectivity index (χ0n) is 13.0. The molecule has 1 N–H and O–H groups in total. The molecule has 2 saturated carbocycles. The van der Waals surface area contributed by atoms with Crippen molar-refractivity contribution in [1.29, 1.82) is 0 Å². The van der Waals surface area contributed by atoms with Gasteiger partial charge in [0.25, 0.3) is 0 Å². The molecule has 0 spiro atoms. The van der Waals surface area contributed by atoms with E-state index in [1.807, 2.05) is 0 Å². The second kappa shape index (κ2) is 8.60. The van der Waals surface area contributed by atoms with Crippen LogP contribution in [0.5, 0.6) is 0 Å². The molecule has 1 aliphatic heterocycles. The third-order valence-electron chi connectivity index (χ3n) is 5.47. The predicted molar refractivity (Wildman–Crippen MR) is 88.6 cm³/mol. The van der Waals surface area contributed by atoms with Crippen molar-refractivity contribution in [2.24, 2.45) is 11.8 Å². The summed E-state index contributed by atoms with van der Waals surface area (Å²) >= 11 is 0. The first-order valence-electron chi connectivity index (χ1n) is 8.86. The SMILES string of the molecule is C1CCCC(CN2CCC(NCC3CC3)CC2)CC1.Cl. The third kappa shape index (κ3) is 5.54. The number of halogens is 1. The fourth-order valence-electron chi connectivity index (χ4n) is 3.89. The Labute approximate surface area is 131 Å². The van der Waals surface area contributed by atoms with Gasteiger partial charge < -0.3 is 10.2 Å². The molecule has 3 aliphatic rings. The standard InChI is InChI=1S/C17H32N2.ClH/c1-2-4-6-16(5-3-1)14-19-11-9-17(10-12-19)18-13-15-7-8-15;/h15-18H,1-14H2;1H. The molecule has 3 heteroatoms. The maximum Gasteiger partial charge on any atom is 0.00915 e. The minimum atomic E-state index is 0. The Balaban J connectivity index is 0.00000147. The van der Waals surface area contributed by atoms with Crippen molar-refractivity contribution in [2.75, 3.05) is 26.2 Å². The van der Waals surface area contributed by atoms with Crippen molar-refractivity contribution in [3.63, 3.8) is 0 Å². The molecule has 20 heavy (non-hydrogen) atoms. The van der Waals surface area contributed by atoms with Gasteiger partial charge in [-0.2, -0.15) is 0 Å². The highest BCUT2D eigenvalue weighted by molar-refractivity contribution is 5.85. The van der Waals surface area contributed by atoms with Crippen molar-refractivity contribution in [3.05, 3.63) is 0 Å². The lowest BCUT2D eigenvalue weighted by Gasteiger charge is -2.34. The highest BCUT2D eigenvalue weighted by Crippen LogP contribution is 2.28. The van der Waals surface area contributed by atoms with Gasteiger partial charge in [0.2, 0.25) is 0 Å². The Kier molecular flexibility index (Phi) is 7.13. The lowest BCUT2D eigenvalue weighted by molar-refractivity contribution is 0.165. The van der Waals surface area contributed by atoms with Gasteiger partial charge in [-0.3, -0.25) is 0 Å². The summed E-state index contributed by atoms with van der Waals surface area (Å²) in [4.78, 5) is 2.76. The second-order valence-electron chi connectivity index (χ2n) is 7.28. The van der Waals surface area contributed by atoms with Crippen LogP contribution in [0.3, 0.4) is 0 Å². The van der Waals surface area contributed by atoms with Crippen LogP contribution < -0.4 is 5.32 Å². The summed E-state index contributed by atoms with van der Waals surface area (Å²) in [7, 11) is 0. The fraction of sp³-hybridized carbons (Fsp3) is 1.00. The van der Waals surface area contributed by atoms with E-state index in [1.54, 1.807) is 0 Å². The average molecular weight is 301 g/mol. The summed E-state index contributed by atoms with van der Waals surface area (Å²) in [5.74, 6) is 2.04. The first kappa shape index (κ1) is 16.6. The average Bonchev–Trinajstić information content (AvgIpc) is 3.26. The maximum atomic E-state index is 3.79. The number of nitrogens with one attached hydrogen (secondary N) is 1. The van der Waals surface area contributed by atoms with Crippen molar-refractivity contribution >= 4 is 12.4 Å². The van der Waals surface area contributed by atoms with Crippen LogP contribution in [0.2, 0.25) is 0 Å². The smallest absolute Gasteiger partial charge is 0.00915 e. The van der Waals surface area contributed by atoms with Gasteiger partial charge in [-0.15, -0.1) is 12.4 Å². The van der Waals surface area contributed by atoms with Crippen LogP contribution in [-0.2, 0) is 0 Å². The van der Waals surface area contributed by atoms with E-state index >= 15 is 0 Å². The molecule has 0 aromatic heterocycles. The largest absolute Gasteiger partial charge is 0.314 e. The molecule has 0 aromatic carbocycles. The number of piperidine rings is 1. The van der Waals surface area contributed by atoms with E-state index in [9.17, 15) is 0 Å². The highest BCUT2D eigenvalue weighted by atomic mass is 35.5. The Bertz CT molecular complexity index is 252. The molecule has 3 rings (SSSR count). The Hall–Kier alpha value is 0.210. The number of hydrogen-bond acceptors (Lipinski definition) is 2. The summed E-state index contributed by atoms with van der Waals surface area (Å²) < 4.78 is 0. The summed E-state index contributed by atoms with van der Waals surface area (Å²) in [6, 6.07) is 0.825. The zero-order chi connectivity index (χ0) is 12.9. The van der Waals surface area contributed by atoms with Crippen molar-refractivity contribution in [3.8, 4) is 0 Å². The first-order chi connectivity index (χ1) is 9.40. The Morgan fingerprint density at radius 2 is 1.40 bits per heavy atom. The summed E-state index contributed by atoms with van der Waals surface area (Å²) in [6.45, 7) is 5.39. The second-order valence-corrected chi connectivity index (χ2v) is 7.28. The molecule has 118 valence electrons. The van der Waals surface area contributed by atoms with Gasteiger partial charge in [-0.1, -0.05) is 25.7 Å². The van der Waals surface area contributed by atoms with Gasteiger partial charge in [-0.05, 0) is 70.0 Å². The van der Waals surface area contributed by atoms with E-state index in [4.69, 9.17) is 0 Å². The Morgan fingerprint density at radius 1 is 0.750 bits per heavy atom. The zero-order valence-corrected chi connectivity index (χ0v) is 13.8. The minimum Gasteiger partial charge on any atom is -0.314 e. The molecular formula is C17H33ClN2. The molecule has 1 saturated heterocycles. The van der Waals surface area contributed by atoms with E-state index in [0.29, 0.717) is 0 Å². The van der Waals surface area contributed by atoms with Gasteiger partial charge in [0.05, 0.1) is 0 Å². The quantitative estimate of drug-likeness (QED) is 0.776. The van der Waals surface area contributed by atoms with Crippen LogP contribution in [0.4, 0.5) is 0 Å². The van der Waals surface area contributed by atoms with Crippen LogP contribution in [-0.4, -0.2) is 37.1 Å². The predicted octanol–water partition coefficient (Wildman–Crippen LogP) is 3.84. The van der Waals surface area contributed by atoms with E-state index in [0.717, 1.165) is 17.9 Å². The van der Waals surface area contributed by atoms with E-state index in [2.05, 4.69) is 10.2 Å². The van der Waals surface area contributed by atoms with Crippen molar-refractivity contribution < 1.29 is 0 Å². The molecule has 0 atom stereocenters. The normalized spacial score (nSPS) is 27.0. The molecule has 3 fully saturated rings. The molecule has 2 aliphatic carbocycles. The lowest BCUT2D eigenvalue weighted by atomic mass is 9.97. The van der Waals surface area contributed by atoms with Crippen LogP contribution in [0.1, 0.15) is 64.2 Å². The molecule has 0 radical (unpaired) electrons.